The lowest BCUT2D eigenvalue weighted by Crippen LogP contribution is -1.97. The van der Waals surface area contributed by atoms with Crippen LogP contribution in [0.5, 0.6) is 11.5 Å². The van der Waals surface area contributed by atoms with E-state index in [1.165, 1.54) is 0 Å². The summed E-state index contributed by atoms with van der Waals surface area (Å²) in [4.78, 5) is 0. The first-order chi connectivity index (χ1) is 7.29. The first-order valence-corrected chi connectivity index (χ1v) is 5.65. The van der Waals surface area contributed by atoms with E-state index in [0.29, 0.717) is 0 Å². The van der Waals surface area contributed by atoms with Gasteiger partial charge in [0.2, 0.25) is 0 Å². The van der Waals surface area contributed by atoms with Crippen LogP contribution in [0.15, 0.2) is 12.1 Å². The summed E-state index contributed by atoms with van der Waals surface area (Å²) in [6, 6.07) is 4.14. The van der Waals surface area contributed by atoms with Crippen LogP contribution in [0.3, 0.4) is 0 Å². The van der Waals surface area contributed by atoms with Crippen molar-refractivity contribution in [3.63, 3.8) is 0 Å². The van der Waals surface area contributed by atoms with Crippen LogP contribution in [0, 0.1) is 13.8 Å². The molecule has 0 radical (unpaired) electrons. The second kappa shape index (κ2) is 5.64. The van der Waals surface area contributed by atoms with Gasteiger partial charge in [0.15, 0.2) is 11.5 Å². The van der Waals surface area contributed by atoms with Gasteiger partial charge in [-0.25, -0.2) is 0 Å². The van der Waals surface area contributed by atoms with Gasteiger partial charge in [0.05, 0.1) is 13.2 Å². The molecule has 0 amide bonds. The monoisotopic (exact) mass is 208 g/mol. The lowest BCUT2D eigenvalue weighted by Gasteiger charge is -2.11. The Morgan fingerprint density at radius 3 is 1.67 bits per heavy atom. The van der Waals surface area contributed by atoms with Crippen molar-refractivity contribution in [2.24, 2.45) is 0 Å². The number of hydrogen-bond acceptors (Lipinski definition) is 2. The SMILES string of the molecule is CC.Cc1ccc(C)c2c1OCCCO2. The predicted octanol–water partition coefficient (Wildman–Crippen LogP) is 3.49. The average molecular weight is 208 g/mol. The van der Waals surface area contributed by atoms with Gasteiger partial charge < -0.3 is 9.47 Å². The fourth-order valence-electron chi connectivity index (χ4n) is 1.53. The summed E-state index contributed by atoms with van der Waals surface area (Å²) >= 11 is 0. The molecule has 1 aromatic rings. The van der Waals surface area contributed by atoms with Crippen LogP contribution in [0.2, 0.25) is 0 Å². The molecule has 1 aromatic carbocycles. The van der Waals surface area contributed by atoms with E-state index in [2.05, 4.69) is 12.1 Å². The molecule has 0 atom stereocenters. The quantitative estimate of drug-likeness (QED) is 0.649. The normalized spacial score (nSPS) is 13.6. The van der Waals surface area contributed by atoms with E-state index in [4.69, 9.17) is 9.47 Å². The summed E-state index contributed by atoms with van der Waals surface area (Å²) in [6.07, 6.45) is 0.966. The Morgan fingerprint density at radius 1 is 0.867 bits per heavy atom. The highest BCUT2D eigenvalue weighted by atomic mass is 16.5. The van der Waals surface area contributed by atoms with Gasteiger partial charge in [-0.2, -0.15) is 0 Å². The summed E-state index contributed by atoms with van der Waals surface area (Å²) in [5.41, 5.74) is 2.31. The molecule has 0 bridgehead atoms. The third kappa shape index (κ3) is 2.65. The second-order valence-electron chi connectivity index (χ2n) is 3.41. The number of hydrogen-bond donors (Lipinski definition) is 0. The van der Waals surface area contributed by atoms with Crippen LogP contribution in [0.4, 0.5) is 0 Å². The molecule has 0 fully saturated rings. The highest BCUT2D eigenvalue weighted by molar-refractivity contribution is 5.51. The van der Waals surface area contributed by atoms with Crippen molar-refractivity contribution in [1.29, 1.82) is 0 Å². The molecule has 1 aliphatic rings. The molecule has 2 heteroatoms. The minimum absolute atomic E-state index is 0.761. The summed E-state index contributed by atoms with van der Waals surface area (Å²) < 4.78 is 11.3. The number of fused-ring (bicyclic) bond motifs is 1. The number of rotatable bonds is 0. The van der Waals surface area contributed by atoms with Gasteiger partial charge in [-0.15, -0.1) is 0 Å². The molecule has 0 aliphatic carbocycles. The molecule has 0 N–H and O–H groups in total. The van der Waals surface area contributed by atoms with E-state index in [9.17, 15) is 0 Å². The molecule has 2 nitrogen and oxygen atoms in total. The number of benzene rings is 1. The van der Waals surface area contributed by atoms with E-state index < -0.39 is 0 Å². The van der Waals surface area contributed by atoms with Gasteiger partial charge >= 0.3 is 0 Å². The van der Waals surface area contributed by atoms with Gasteiger partial charge in [-0.05, 0) is 25.0 Å². The van der Waals surface area contributed by atoms with Gasteiger partial charge in [0.25, 0.3) is 0 Å². The smallest absolute Gasteiger partial charge is 0.164 e. The highest BCUT2D eigenvalue weighted by Crippen LogP contribution is 2.35. The minimum atomic E-state index is 0.761. The second-order valence-corrected chi connectivity index (χ2v) is 3.41. The van der Waals surface area contributed by atoms with Crippen LogP contribution < -0.4 is 9.47 Å². The molecule has 0 saturated carbocycles. The summed E-state index contributed by atoms with van der Waals surface area (Å²) in [5, 5.41) is 0. The van der Waals surface area contributed by atoms with E-state index in [1.807, 2.05) is 27.7 Å². The molecule has 1 heterocycles. The lowest BCUT2D eigenvalue weighted by molar-refractivity contribution is 0.296. The maximum Gasteiger partial charge on any atom is 0.164 e. The first kappa shape index (κ1) is 11.9. The molecule has 0 saturated heterocycles. The Hall–Kier alpha value is -1.18. The van der Waals surface area contributed by atoms with Crippen molar-refractivity contribution in [3.05, 3.63) is 23.3 Å². The summed E-state index contributed by atoms with van der Waals surface area (Å²) in [7, 11) is 0. The van der Waals surface area contributed by atoms with Crippen LogP contribution in [0.25, 0.3) is 0 Å². The summed E-state index contributed by atoms with van der Waals surface area (Å²) in [6.45, 7) is 9.62. The van der Waals surface area contributed by atoms with Crippen molar-refractivity contribution in [3.8, 4) is 11.5 Å². The van der Waals surface area contributed by atoms with Crippen LogP contribution in [0.1, 0.15) is 31.4 Å². The number of aryl methyl sites for hydroxylation is 2. The molecule has 84 valence electrons. The third-order valence-electron chi connectivity index (χ3n) is 2.29. The van der Waals surface area contributed by atoms with Crippen molar-refractivity contribution in [2.75, 3.05) is 13.2 Å². The Morgan fingerprint density at radius 2 is 1.27 bits per heavy atom. The van der Waals surface area contributed by atoms with Gasteiger partial charge in [-0.3, -0.25) is 0 Å². The standard InChI is InChI=1S/C11H14O2.C2H6/c1-8-4-5-9(2)11-10(8)12-6-3-7-13-11;1-2/h4-5H,3,6-7H2,1-2H3;1-2H3. The van der Waals surface area contributed by atoms with Gasteiger partial charge in [0.1, 0.15) is 0 Å². The van der Waals surface area contributed by atoms with E-state index in [1.54, 1.807) is 0 Å². The minimum Gasteiger partial charge on any atom is -0.489 e. The van der Waals surface area contributed by atoms with Gasteiger partial charge in [-0.1, -0.05) is 26.0 Å². The van der Waals surface area contributed by atoms with Crippen molar-refractivity contribution < 1.29 is 9.47 Å². The zero-order chi connectivity index (χ0) is 11.3. The van der Waals surface area contributed by atoms with Crippen molar-refractivity contribution in [1.82, 2.24) is 0 Å². The van der Waals surface area contributed by atoms with E-state index >= 15 is 0 Å². The van der Waals surface area contributed by atoms with Crippen molar-refractivity contribution >= 4 is 0 Å². The van der Waals surface area contributed by atoms with E-state index in [0.717, 1.165) is 42.3 Å². The highest BCUT2D eigenvalue weighted by Gasteiger charge is 2.14. The van der Waals surface area contributed by atoms with Crippen LogP contribution in [-0.2, 0) is 0 Å². The zero-order valence-corrected chi connectivity index (χ0v) is 10.1. The fourth-order valence-corrected chi connectivity index (χ4v) is 1.53. The lowest BCUT2D eigenvalue weighted by atomic mass is 10.1. The Labute approximate surface area is 92.2 Å². The Balaban J connectivity index is 0.000000531. The topological polar surface area (TPSA) is 18.5 Å². The molecule has 0 aromatic heterocycles. The van der Waals surface area contributed by atoms with E-state index in [-0.39, 0.29) is 0 Å². The zero-order valence-electron chi connectivity index (χ0n) is 10.1. The molecular weight excluding hydrogens is 188 g/mol. The molecule has 2 rings (SSSR count). The van der Waals surface area contributed by atoms with Crippen molar-refractivity contribution in [2.45, 2.75) is 34.1 Å². The van der Waals surface area contributed by atoms with Crippen LogP contribution >= 0.6 is 0 Å². The largest absolute Gasteiger partial charge is 0.489 e. The fraction of sp³-hybridized carbons (Fsp3) is 0.538. The average Bonchev–Trinajstić information content (AvgIpc) is 2.52. The predicted molar refractivity (Wildman–Crippen MR) is 62.9 cm³/mol. The molecular formula is C13H20O2. The molecule has 0 spiro atoms. The first-order valence-electron chi connectivity index (χ1n) is 5.65. The third-order valence-corrected chi connectivity index (χ3v) is 2.29. The Kier molecular flexibility index (Phi) is 4.47. The number of ether oxygens (including phenoxy) is 2. The Bertz CT molecular complexity index is 288. The molecule has 1 aliphatic heterocycles. The maximum absolute atomic E-state index is 5.64. The van der Waals surface area contributed by atoms with Gasteiger partial charge in [0, 0.05) is 6.42 Å². The maximum atomic E-state index is 5.64. The molecule has 15 heavy (non-hydrogen) atoms. The summed E-state index contributed by atoms with van der Waals surface area (Å²) in [5.74, 6) is 1.86. The molecule has 0 unspecified atom stereocenters. The van der Waals surface area contributed by atoms with Crippen LogP contribution in [-0.4, -0.2) is 13.2 Å².